The van der Waals surface area contributed by atoms with E-state index in [1.165, 1.54) is 4.88 Å². The fourth-order valence-corrected chi connectivity index (χ4v) is 2.15. The van der Waals surface area contributed by atoms with Crippen LogP contribution in [0, 0.1) is 0 Å². The van der Waals surface area contributed by atoms with Crippen LogP contribution in [0.4, 0.5) is 0 Å². The topological polar surface area (TPSA) is 37.8 Å². The molecule has 0 aliphatic rings. The summed E-state index contributed by atoms with van der Waals surface area (Å²) in [5.74, 6) is 0. The van der Waals surface area contributed by atoms with Gasteiger partial charge >= 0.3 is 0 Å². The Balaban J connectivity index is 2.14. The van der Waals surface area contributed by atoms with Crippen LogP contribution in [-0.2, 0) is 6.54 Å². The minimum Gasteiger partial charge on any atom is -0.312 e. The molecule has 0 fully saturated rings. The van der Waals surface area contributed by atoms with Gasteiger partial charge in [-0.15, -0.1) is 11.3 Å². The third kappa shape index (κ3) is 2.61. The Kier molecular flexibility index (Phi) is 3.42. The summed E-state index contributed by atoms with van der Waals surface area (Å²) in [7, 11) is 0. The summed E-state index contributed by atoms with van der Waals surface area (Å²) < 4.78 is 0. The van der Waals surface area contributed by atoms with Crippen LogP contribution in [0.3, 0.4) is 0 Å². The predicted molar refractivity (Wildman–Crippen MR) is 62.7 cm³/mol. The van der Waals surface area contributed by atoms with Gasteiger partial charge in [0.05, 0.1) is 0 Å². The van der Waals surface area contributed by atoms with Gasteiger partial charge in [-0.2, -0.15) is 0 Å². The van der Waals surface area contributed by atoms with Gasteiger partial charge in [0.25, 0.3) is 0 Å². The van der Waals surface area contributed by atoms with Gasteiger partial charge in [-0.1, -0.05) is 6.92 Å². The van der Waals surface area contributed by atoms with E-state index in [9.17, 15) is 0 Å². The summed E-state index contributed by atoms with van der Waals surface area (Å²) in [6.07, 6.45) is 5.52. The van der Waals surface area contributed by atoms with Crippen LogP contribution >= 0.6 is 11.3 Å². The van der Waals surface area contributed by atoms with Crippen LogP contribution in [0.1, 0.15) is 11.8 Å². The van der Waals surface area contributed by atoms with Gasteiger partial charge < -0.3 is 5.32 Å². The summed E-state index contributed by atoms with van der Waals surface area (Å²) >= 11 is 1.72. The van der Waals surface area contributed by atoms with E-state index in [1.54, 1.807) is 23.7 Å². The van der Waals surface area contributed by atoms with Gasteiger partial charge in [0.15, 0.2) is 0 Å². The van der Waals surface area contributed by atoms with Crippen molar-refractivity contribution in [2.45, 2.75) is 13.5 Å². The highest BCUT2D eigenvalue weighted by Gasteiger charge is 2.03. The Morgan fingerprint density at radius 3 is 2.87 bits per heavy atom. The Morgan fingerprint density at radius 2 is 2.13 bits per heavy atom. The van der Waals surface area contributed by atoms with E-state index in [4.69, 9.17) is 0 Å². The first-order valence-electron chi connectivity index (χ1n) is 4.96. The zero-order valence-corrected chi connectivity index (χ0v) is 9.42. The lowest BCUT2D eigenvalue weighted by Gasteiger charge is -1.95. The SMILES string of the molecule is CCNCc1cnc(-c2ccncc2)s1. The van der Waals surface area contributed by atoms with Crippen molar-refractivity contribution < 1.29 is 0 Å². The Labute approximate surface area is 93.2 Å². The van der Waals surface area contributed by atoms with Crippen molar-refractivity contribution in [1.29, 1.82) is 0 Å². The van der Waals surface area contributed by atoms with E-state index in [0.29, 0.717) is 0 Å². The molecule has 0 atom stereocenters. The van der Waals surface area contributed by atoms with Crippen LogP contribution in [0.25, 0.3) is 10.6 Å². The van der Waals surface area contributed by atoms with E-state index in [1.807, 2.05) is 18.3 Å². The lowest BCUT2D eigenvalue weighted by atomic mass is 10.3. The van der Waals surface area contributed by atoms with Crippen molar-refractivity contribution in [3.8, 4) is 10.6 Å². The molecule has 2 aromatic rings. The normalized spacial score (nSPS) is 10.5. The van der Waals surface area contributed by atoms with E-state index in [0.717, 1.165) is 23.7 Å². The van der Waals surface area contributed by atoms with E-state index in [-0.39, 0.29) is 0 Å². The standard InChI is InChI=1S/C11H13N3S/c1-2-12-7-10-8-14-11(15-10)9-3-5-13-6-4-9/h3-6,8,12H,2,7H2,1H3. The van der Waals surface area contributed by atoms with Crippen molar-refractivity contribution in [3.05, 3.63) is 35.6 Å². The quantitative estimate of drug-likeness (QED) is 0.857. The van der Waals surface area contributed by atoms with Crippen molar-refractivity contribution in [2.24, 2.45) is 0 Å². The maximum atomic E-state index is 4.39. The largest absolute Gasteiger partial charge is 0.312 e. The molecular formula is C11H13N3S. The number of hydrogen-bond donors (Lipinski definition) is 1. The second-order valence-corrected chi connectivity index (χ2v) is 4.26. The lowest BCUT2D eigenvalue weighted by molar-refractivity contribution is 0.734. The highest BCUT2D eigenvalue weighted by Crippen LogP contribution is 2.24. The van der Waals surface area contributed by atoms with Crippen molar-refractivity contribution in [2.75, 3.05) is 6.54 Å². The first-order chi connectivity index (χ1) is 7.40. The van der Waals surface area contributed by atoms with Crippen molar-refractivity contribution >= 4 is 11.3 Å². The number of nitrogens with one attached hydrogen (secondary N) is 1. The number of aromatic nitrogens is 2. The number of pyridine rings is 1. The third-order valence-corrected chi connectivity index (χ3v) is 3.08. The molecule has 2 rings (SSSR count). The van der Waals surface area contributed by atoms with Crippen LogP contribution in [0.15, 0.2) is 30.7 Å². The molecule has 2 heterocycles. The van der Waals surface area contributed by atoms with E-state index >= 15 is 0 Å². The average molecular weight is 219 g/mol. The van der Waals surface area contributed by atoms with Crippen LogP contribution in [0.5, 0.6) is 0 Å². The minimum absolute atomic E-state index is 0.902. The minimum atomic E-state index is 0.902. The fourth-order valence-electron chi connectivity index (χ4n) is 1.27. The summed E-state index contributed by atoms with van der Waals surface area (Å²) in [6, 6.07) is 3.96. The highest BCUT2D eigenvalue weighted by molar-refractivity contribution is 7.15. The van der Waals surface area contributed by atoms with Crippen molar-refractivity contribution in [1.82, 2.24) is 15.3 Å². The highest BCUT2D eigenvalue weighted by atomic mass is 32.1. The van der Waals surface area contributed by atoms with Gasteiger partial charge in [0.2, 0.25) is 0 Å². The molecule has 0 saturated carbocycles. The van der Waals surface area contributed by atoms with Gasteiger partial charge in [0.1, 0.15) is 5.01 Å². The first-order valence-corrected chi connectivity index (χ1v) is 5.77. The molecule has 2 aromatic heterocycles. The number of nitrogens with zero attached hydrogens (tertiary/aromatic N) is 2. The molecule has 0 aromatic carbocycles. The molecule has 1 N–H and O–H groups in total. The second-order valence-electron chi connectivity index (χ2n) is 3.15. The maximum absolute atomic E-state index is 4.39. The molecule has 15 heavy (non-hydrogen) atoms. The summed E-state index contributed by atoms with van der Waals surface area (Å²) in [4.78, 5) is 9.65. The van der Waals surface area contributed by atoms with Crippen molar-refractivity contribution in [3.63, 3.8) is 0 Å². The third-order valence-electron chi connectivity index (χ3n) is 2.03. The molecule has 0 spiro atoms. The fraction of sp³-hybridized carbons (Fsp3) is 0.273. The molecule has 0 saturated heterocycles. The lowest BCUT2D eigenvalue weighted by Crippen LogP contribution is -2.10. The molecule has 78 valence electrons. The second kappa shape index (κ2) is 5.00. The number of thiazole rings is 1. The van der Waals surface area contributed by atoms with Gasteiger partial charge in [-0.05, 0) is 18.7 Å². The predicted octanol–water partition coefficient (Wildman–Crippen LogP) is 2.31. The molecule has 0 aliphatic carbocycles. The average Bonchev–Trinajstić information content (AvgIpc) is 2.76. The maximum Gasteiger partial charge on any atom is 0.123 e. The number of rotatable bonds is 4. The molecule has 0 amide bonds. The number of hydrogen-bond acceptors (Lipinski definition) is 4. The first kappa shape index (κ1) is 10.3. The summed E-state index contributed by atoms with van der Waals surface area (Å²) in [5.41, 5.74) is 1.14. The summed E-state index contributed by atoms with van der Waals surface area (Å²) in [5, 5.41) is 4.35. The zero-order valence-electron chi connectivity index (χ0n) is 8.60. The monoisotopic (exact) mass is 219 g/mol. The van der Waals surface area contributed by atoms with Crippen LogP contribution in [-0.4, -0.2) is 16.5 Å². The molecule has 3 nitrogen and oxygen atoms in total. The Hall–Kier alpha value is -1.26. The van der Waals surface area contributed by atoms with Crippen LogP contribution in [0.2, 0.25) is 0 Å². The molecule has 0 radical (unpaired) electrons. The van der Waals surface area contributed by atoms with Gasteiger partial charge in [-0.25, -0.2) is 4.98 Å². The van der Waals surface area contributed by atoms with Gasteiger partial charge in [0, 0.05) is 35.6 Å². The molecular weight excluding hydrogens is 206 g/mol. The Morgan fingerprint density at radius 1 is 1.33 bits per heavy atom. The van der Waals surface area contributed by atoms with Gasteiger partial charge in [-0.3, -0.25) is 4.98 Å². The Bertz CT molecular complexity index is 411. The smallest absolute Gasteiger partial charge is 0.123 e. The molecule has 0 unspecified atom stereocenters. The molecule has 4 heteroatoms. The molecule has 0 bridgehead atoms. The molecule has 0 aliphatic heterocycles. The van der Waals surface area contributed by atoms with E-state index in [2.05, 4.69) is 22.2 Å². The van der Waals surface area contributed by atoms with E-state index < -0.39 is 0 Å². The van der Waals surface area contributed by atoms with Crippen LogP contribution < -0.4 is 5.32 Å². The zero-order chi connectivity index (χ0) is 10.5. The summed E-state index contributed by atoms with van der Waals surface area (Å²) in [6.45, 7) is 3.99.